The lowest BCUT2D eigenvalue weighted by Gasteiger charge is -2.33. The van der Waals surface area contributed by atoms with E-state index in [0.717, 1.165) is 69.2 Å². The average molecular weight is 337 g/mol. The van der Waals surface area contributed by atoms with E-state index in [4.69, 9.17) is 0 Å². The molecule has 128 valence electrons. The van der Waals surface area contributed by atoms with Gasteiger partial charge in [-0.05, 0) is 31.4 Å². The second-order valence-electron chi connectivity index (χ2n) is 6.42. The summed E-state index contributed by atoms with van der Waals surface area (Å²) in [5.41, 5.74) is -0.713. The van der Waals surface area contributed by atoms with E-state index in [9.17, 15) is 13.2 Å². The van der Waals surface area contributed by atoms with Gasteiger partial charge in [-0.1, -0.05) is 0 Å². The third kappa shape index (κ3) is 2.74. The van der Waals surface area contributed by atoms with E-state index in [-0.39, 0.29) is 5.92 Å². The predicted molar refractivity (Wildman–Crippen MR) is 81.8 cm³/mol. The Hall–Kier alpha value is -2.12. The fraction of sp³-hybridized carbons (Fsp3) is 0.562. The number of aromatic nitrogens is 4. The van der Waals surface area contributed by atoms with Gasteiger partial charge in [-0.15, -0.1) is 10.2 Å². The molecular weight excluding hydrogens is 319 g/mol. The Morgan fingerprint density at radius 1 is 1.08 bits per heavy atom. The Morgan fingerprint density at radius 2 is 1.96 bits per heavy atom. The molecule has 2 aliphatic heterocycles. The summed E-state index contributed by atoms with van der Waals surface area (Å²) in [6.07, 6.45) is 0.634. The highest BCUT2D eigenvalue weighted by Gasteiger charge is 2.32. The third-order valence-corrected chi connectivity index (χ3v) is 4.82. The summed E-state index contributed by atoms with van der Waals surface area (Å²) >= 11 is 0. The van der Waals surface area contributed by atoms with Crippen LogP contribution in [0.2, 0.25) is 0 Å². The number of halogens is 3. The third-order valence-electron chi connectivity index (χ3n) is 4.82. The smallest absolute Gasteiger partial charge is 0.356 e. The topological polar surface area (TPSA) is 46.8 Å². The molecule has 1 fully saturated rings. The molecule has 0 spiro atoms. The fourth-order valence-corrected chi connectivity index (χ4v) is 3.61. The molecular formula is C16H18F3N5. The summed E-state index contributed by atoms with van der Waals surface area (Å²) in [7, 11) is 0. The molecule has 2 aromatic heterocycles. The first kappa shape index (κ1) is 15.4. The minimum atomic E-state index is -4.35. The summed E-state index contributed by atoms with van der Waals surface area (Å²) in [5, 5.41) is 8.62. The Balaban J connectivity index is 1.52. The van der Waals surface area contributed by atoms with Crippen molar-refractivity contribution in [1.29, 1.82) is 0 Å². The lowest BCUT2D eigenvalue weighted by molar-refractivity contribution is -0.137. The maximum Gasteiger partial charge on any atom is 0.417 e. The normalized spacial score (nSPS) is 21.1. The zero-order chi connectivity index (χ0) is 16.7. The zero-order valence-corrected chi connectivity index (χ0v) is 13.1. The Morgan fingerprint density at radius 3 is 2.71 bits per heavy atom. The number of aryl methyl sites for hydroxylation is 1. The molecule has 0 aliphatic carbocycles. The summed E-state index contributed by atoms with van der Waals surface area (Å²) in [4.78, 5) is 6.07. The van der Waals surface area contributed by atoms with Crippen LogP contribution in [0.4, 0.5) is 19.0 Å². The van der Waals surface area contributed by atoms with Crippen molar-refractivity contribution >= 4 is 5.82 Å². The Bertz CT molecular complexity index is 722. The maximum atomic E-state index is 12.7. The first-order chi connectivity index (χ1) is 11.5. The molecule has 0 radical (unpaired) electrons. The second kappa shape index (κ2) is 5.75. The van der Waals surface area contributed by atoms with Crippen LogP contribution in [0.15, 0.2) is 18.3 Å². The fourth-order valence-electron chi connectivity index (χ4n) is 3.61. The monoisotopic (exact) mass is 337 g/mol. The largest absolute Gasteiger partial charge is 0.417 e. The van der Waals surface area contributed by atoms with E-state index < -0.39 is 11.7 Å². The van der Waals surface area contributed by atoms with Gasteiger partial charge >= 0.3 is 6.18 Å². The quantitative estimate of drug-likeness (QED) is 0.845. The van der Waals surface area contributed by atoms with Crippen LogP contribution in [0.1, 0.15) is 42.4 Å². The molecule has 0 saturated carbocycles. The lowest BCUT2D eigenvalue weighted by atomic mass is 9.97. The highest BCUT2D eigenvalue weighted by molar-refractivity contribution is 5.41. The van der Waals surface area contributed by atoms with Gasteiger partial charge in [-0.2, -0.15) is 13.2 Å². The molecule has 4 heterocycles. The second-order valence-corrected chi connectivity index (χ2v) is 6.42. The van der Waals surface area contributed by atoms with Crippen molar-refractivity contribution in [3.8, 4) is 0 Å². The van der Waals surface area contributed by atoms with Gasteiger partial charge in [0.2, 0.25) is 0 Å². The van der Waals surface area contributed by atoms with E-state index >= 15 is 0 Å². The van der Waals surface area contributed by atoms with Crippen LogP contribution >= 0.6 is 0 Å². The van der Waals surface area contributed by atoms with Crippen molar-refractivity contribution in [3.05, 3.63) is 35.5 Å². The first-order valence-corrected chi connectivity index (χ1v) is 8.22. The van der Waals surface area contributed by atoms with E-state index in [1.165, 1.54) is 6.07 Å². The molecule has 1 saturated heterocycles. The number of pyridine rings is 1. The van der Waals surface area contributed by atoms with E-state index in [1.54, 1.807) is 0 Å². The molecule has 5 nitrogen and oxygen atoms in total. The van der Waals surface area contributed by atoms with Crippen molar-refractivity contribution in [2.24, 2.45) is 0 Å². The van der Waals surface area contributed by atoms with Crippen molar-refractivity contribution in [3.63, 3.8) is 0 Å². The molecule has 0 amide bonds. The number of hydrogen-bond acceptors (Lipinski definition) is 4. The molecule has 2 aliphatic rings. The molecule has 0 bridgehead atoms. The van der Waals surface area contributed by atoms with E-state index in [0.29, 0.717) is 5.82 Å². The van der Waals surface area contributed by atoms with Crippen molar-refractivity contribution in [2.45, 2.75) is 44.3 Å². The summed E-state index contributed by atoms with van der Waals surface area (Å²) in [6, 6.07) is 2.56. The highest BCUT2D eigenvalue weighted by Crippen LogP contribution is 2.32. The first-order valence-electron chi connectivity index (χ1n) is 8.22. The lowest BCUT2D eigenvalue weighted by Crippen LogP contribution is -2.36. The van der Waals surface area contributed by atoms with Gasteiger partial charge < -0.3 is 9.47 Å². The number of piperidine rings is 1. The van der Waals surface area contributed by atoms with Crippen LogP contribution in [0, 0.1) is 0 Å². The van der Waals surface area contributed by atoms with Crippen LogP contribution in [-0.4, -0.2) is 32.8 Å². The van der Waals surface area contributed by atoms with Crippen molar-refractivity contribution < 1.29 is 13.2 Å². The standard InChI is InChI=1S/C16H18F3N5/c17-16(18,19)12-5-6-13(20-9-12)23-7-1-3-11(10-23)15-22-21-14-4-2-8-24(14)15/h5-6,9,11H,1-4,7-8,10H2. The summed E-state index contributed by atoms with van der Waals surface area (Å²) < 4.78 is 40.2. The van der Waals surface area contributed by atoms with Gasteiger partial charge in [0.25, 0.3) is 0 Å². The Kier molecular flexibility index (Phi) is 3.69. The predicted octanol–water partition coefficient (Wildman–Crippen LogP) is 3.02. The molecule has 0 aromatic carbocycles. The minimum Gasteiger partial charge on any atom is -0.356 e. The van der Waals surface area contributed by atoms with E-state index in [2.05, 4.69) is 19.7 Å². The number of fused-ring (bicyclic) bond motifs is 1. The summed E-state index contributed by atoms with van der Waals surface area (Å²) in [6.45, 7) is 2.49. The van der Waals surface area contributed by atoms with Gasteiger partial charge in [0.15, 0.2) is 0 Å². The maximum absolute atomic E-state index is 12.7. The molecule has 0 N–H and O–H groups in total. The van der Waals surface area contributed by atoms with Gasteiger partial charge in [0.05, 0.1) is 5.56 Å². The molecule has 1 atom stereocenters. The summed E-state index contributed by atoms with van der Waals surface area (Å²) in [5.74, 6) is 2.91. The zero-order valence-electron chi connectivity index (χ0n) is 13.1. The minimum absolute atomic E-state index is 0.252. The SMILES string of the molecule is FC(F)(F)c1ccc(N2CCCC(c3nnc4n3CCC4)C2)nc1. The van der Waals surface area contributed by atoms with Crippen LogP contribution in [0.25, 0.3) is 0 Å². The Labute approximate surface area is 137 Å². The van der Waals surface area contributed by atoms with Gasteiger partial charge in [-0.25, -0.2) is 4.98 Å². The van der Waals surface area contributed by atoms with Crippen LogP contribution in [0.3, 0.4) is 0 Å². The molecule has 1 unspecified atom stereocenters. The number of hydrogen-bond donors (Lipinski definition) is 0. The number of alkyl halides is 3. The molecule has 4 rings (SSSR count). The van der Waals surface area contributed by atoms with Gasteiger partial charge in [0, 0.05) is 38.2 Å². The molecule has 24 heavy (non-hydrogen) atoms. The van der Waals surface area contributed by atoms with E-state index in [1.807, 2.05) is 4.90 Å². The van der Waals surface area contributed by atoms with Crippen molar-refractivity contribution in [2.75, 3.05) is 18.0 Å². The van der Waals surface area contributed by atoms with Crippen molar-refractivity contribution in [1.82, 2.24) is 19.7 Å². The number of nitrogens with zero attached hydrogens (tertiary/aromatic N) is 5. The van der Waals surface area contributed by atoms with Crippen LogP contribution in [-0.2, 0) is 19.1 Å². The number of anilines is 1. The number of rotatable bonds is 2. The molecule has 2 aromatic rings. The van der Waals surface area contributed by atoms with Crippen LogP contribution in [0.5, 0.6) is 0 Å². The van der Waals surface area contributed by atoms with Crippen LogP contribution < -0.4 is 4.90 Å². The van der Waals surface area contributed by atoms with Gasteiger partial charge in [-0.3, -0.25) is 0 Å². The molecule has 8 heteroatoms. The highest BCUT2D eigenvalue weighted by atomic mass is 19.4. The van der Waals surface area contributed by atoms with Gasteiger partial charge in [0.1, 0.15) is 17.5 Å². The average Bonchev–Trinajstić information content (AvgIpc) is 3.17.